The lowest BCUT2D eigenvalue weighted by Gasteiger charge is -2.07. The van der Waals surface area contributed by atoms with Gasteiger partial charge in [0.25, 0.3) is 5.56 Å². The van der Waals surface area contributed by atoms with E-state index in [1.54, 1.807) is 23.9 Å². The zero-order chi connectivity index (χ0) is 20.7. The summed E-state index contributed by atoms with van der Waals surface area (Å²) in [5, 5.41) is 5.75. The number of anilines is 1. The number of pyridine rings is 1. The molecule has 0 aliphatic carbocycles. The van der Waals surface area contributed by atoms with Gasteiger partial charge in [-0.25, -0.2) is 4.68 Å². The number of fused-ring (bicyclic) bond motifs is 3. The maximum absolute atomic E-state index is 12.6. The first-order chi connectivity index (χ1) is 14.6. The number of nitrogens with two attached hydrogens (primary N) is 1. The fraction of sp³-hybridized carbons (Fsp3) is 0.0435. The highest BCUT2D eigenvalue weighted by atomic mass is 16.5. The van der Waals surface area contributed by atoms with Crippen LogP contribution in [0.1, 0.15) is 0 Å². The highest BCUT2D eigenvalue weighted by Crippen LogP contribution is 2.30. The number of rotatable bonds is 4. The van der Waals surface area contributed by atoms with Crippen LogP contribution in [0, 0.1) is 0 Å². The molecule has 5 aromatic rings. The average Bonchev–Trinajstić information content (AvgIpc) is 3.13. The summed E-state index contributed by atoms with van der Waals surface area (Å²) in [7, 11) is 1.59. The summed E-state index contributed by atoms with van der Waals surface area (Å²) in [6.07, 6.45) is 0. The predicted octanol–water partition coefficient (Wildman–Crippen LogP) is 4.25. The lowest BCUT2D eigenvalue weighted by atomic mass is 10.1. The van der Waals surface area contributed by atoms with Crippen LogP contribution in [0.4, 0.5) is 5.82 Å². The standard InChI is InChI=1S/C23H18N4O3/c1-29-17-11-12-19-18(13-17)21-20(23(28)25-19)22(24)27(26-21)14-7-9-16(10-8-14)30-15-5-3-2-4-6-15/h2-13H,24H2,1H3,(H,25,28). The first kappa shape index (κ1) is 17.8. The van der Waals surface area contributed by atoms with E-state index in [1.807, 2.05) is 60.7 Å². The molecule has 148 valence electrons. The number of aromatic nitrogens is 3. The van der Waals surface area contributed by atoms with Crippen LogP contribution in [0.3, 0.4) is 0 Å². The van der Waals surface area contributed by atoms with E-state index in [0.29, 0.717) is 27.9 Å². The molecule has 0 saturated carbocycles. The molecule has 0 amide bonds. The van der Waals surface area contributed by atoms with Gasteiger partial charge in [-0.2, -0.15) is 5.10 Å². The zero-order valence-corrected chi connectivity index (χ0v) is 16.1. The molecule has 0 fully saturated rings. The minimum atomic E-state index is -0.282. The number of hydrogen-bond acceptors (Lipinski definition) is 5. The van der Waals surface area contributed by atoms with Crippen molar-refractivity contribution in [2.75, 3.05) is 12.8 Å². The van der Waals surface area contributed by atoms with E-state index in [2.05, 4.69) is 10.1 Å². The minimum Gasteiger partial charge on any atom is -0.497 e. The summed E-state index contributed by atoms with van der Waals surface area (Å²) < 4.78 is 12.7. The van der Waals surface area contributed by atoms with Gasteiger partial charge in [0.15, 0.2) is 0 Å². The number of nitrogens with one attached hydrogen (secondary N) is 1. The van der Waals surface area contributed by atoms with Crippen LogP contribution in [0.25, 0.3) is 27.5 Å². The van der Waals surface area contributed by atoms with Crippen LogP contribution < -0.4 is 20.8 Å². The van der Waals surface area contributed by atoms with Gasteiger partial charge in [-0.1, -0.05) is 18.2 Å². The molecule has 0 spiro atoms. The number of nitrogen functional groups attached to an aromatic ring is 1. The smallest absolute Gasteiger partial charge is 0.261 e. The topological polar surface area (TPSA) is 95.2 Å². The number of aromatic amines is 1. The van der Waals surface area contributed by atoms with Crippen LogP contribution in [-0.2, 0) is 0 Å². The Labute approximate surface area is 171 Å². The Morgan fingerprint density at radius 1 is 0.933 bits per heavy atom. The van der Waals surface area contributed by atoms with E-state index in [0.717, 1.165) is 16.8 Å². The second-order valence-electron chi connectivity index (χ2n) is 6.80. The third-order valence-electron chi connectivity index (χ3n) is 4.94. The molecule has 0 radical (unpaired) electrons. The molecule has 7 heteroatoms. The summed E-state index contributed by atoms with van der Waals surface area (Å²) in [5.41, 5.74) is 7.95. The Morgan fingerprint density at radius 2 is 1.63 bits per heavy atom. The summed E-state index contributed by atoms with van der Waals surface area (Å²) in [5.74, 6) is 2.38. The summed E-state index contributed by atoms with van der Waals surface area (Å²) in [6.45, 7) is 0. The molecule has 30 heavy (non-hydrogen) atoms. The average molecular weight is 398 g/mol. The Morgan fingerprint density at radius 3 is 2.37 bits per heavy atom. The normalized spacial score (nSPS) is 11.1. The molecule has 0 saturated heterocycles. The molecule has 0 bridgehead atoms. The Balaban J connectivity index is 1.60. The predicted molar refractivity (Wildman–Crippen MR) is 117 cm³/mol. The van der Waals surface area contributed by atoms with Crippen molar-refractivity contribution in [1.29, 1.82) is 0 Å². The summed E-state index contributed by atoms with van der Waals surface area (Å²) in [4.78, 5) is 15.5. The number of nitrogens with zero attached hydrogens (tertiary/aromatic N) is 2. The highest BCUT2D eigenvalue weighted by Gasteiger charge is 2.17. The summed E-state index contributed by atoms with van der Waals surface area (Å²) >= 11 is 0. The van der Waals surface area contributed by atoms with Crippen molar-refractivity contribution in [3.63, 3.8) is 0 Å². The van der Waals surface area contributed by atoms with Gasteiger partial charge in [-0.3, -0.25) is 4.79 Å². The van der Waals surface area contributed by atoms with E-state index >= 15 is 0 Å². The molecule has 0 atom stereocenters. The molecule has 0 unspecified atom stereocenters. The van der Waals surface area contributed by atoms with Crippen molar-refractivity contribution in [2.24, 2.45) is 0 Å². The number of hydrogen-bond donors (Lipinski definition) is 2. The zero-order valence-electron chi connectivity index (χ0n) is 16.1. The lowest BCUT2D eigenvalue weighted by molar-refractivity contribution is 0.415. The van der Waals surface area contributed by atoms with Crippen molar-refractivity contribution >= 4 is 27.6 Å². The largest absolute Gasteiger partial charge is 0.497 e. The first-order valence-corrected chi connectivity index (χ1v) is 9.35. The number of benzene rings is 3. The number of para-hydroxylation sites is 1. The van der Waals surface area contributed by atoms with Gasteiger partial charge < -0.3 is 20.2 Å². The van der Waals surface area contributed by atoms with Gasteiger partial charge in [-0.15, -0.1) is 0 Å². The van der Waals surface area contributed by atoms with E-state index in [1.165, 1.54) is 0 Å². The molecule has 0 aliphatic heterocycles. The molecular formula is C23H18N4O3. The number of methoxy groups -OCH3 is 1. The molecular weight excluding hydrogens is 380 g/mol. The number of H-pyrrole nitrogens is 1. The van der Waals surface area contributed by atoms with Gasteiger partial charge in [-0.05, 0) is 54.6 Å². The maximum atomic E-state index is 12.6. The fourth-order valence-corrected chi connectivity index (χ4v) is 3.46. The molecule has 5 rings (SSSR count). The van der Waals surface area contributed by atoms with Gasteiger partial charge >= 0.3 is 0 Å². The Hall–Kier alpha value is -4.26. The van der Waals surface area contributed by atoms with Crippen LogP contribution in [0.2, 0.25) is 0 Å². The van der Waals surface area contributed by atoms with Gasteiger partial charge in [0.1, 0.15) is 34.0 Å². The van der Waals surface area contributed by atoms with E-state index in [-0.39, 0.29) is 11.4 Å². The molecule has 0 aliphatic rings. The Bertz CT molecular complexity index is 1420. The van der Waals surface area contributed by atoms with Gasteiger partial charge in [0.05, 0.1) is 18.3 Å². The minimum absolute atomic E-state index is 0.271. The summed E-state index contributed by atoms with van der Waals surface area (Å²) in [6, 6.07) is 22.3. The van der Waals surface area contributed by atoms with Crippen LogP contribution in [0.5, 0.6) is 17.2 Å². The van der Waals surface area contributed by atoms with Crippen molar-refractivity contribution < 1.29 is 9.47 Å². The van der Waals surface area contributed by atoms with Gasteiger partial charge in [0.2, 0.25) is 0 Å². The van der Waals surface area contributed by atoms with Gasteiger partial charge in [0, 0.05) is 5.39 Å². The molecule has 3 aromatic carbocycles. The third-order valence-corrected chi connectivity index (χ3v) is 4.94. The van der Waals surface area contributed by atoms with Crippen LogP contribution >= 0.6 is 0 Å². The highest BCUT2D eigenvalue weighted by molar-refractivity contribution is 6.07. The van der Waals surface area contributed by atoms with E-state index < -0.39 is 0 Å². The van der Waals surface area contributed by atoms with Crippen molar-refractivity contribution in [1.82, 2.24) is 14.8 Å². The van der Waals surface area contributed by atoms with Crippen LogP contribution in [0.15, 0.2) is 77.6 Å². The van der Waals surface area contributed by atoms with E-state index in [4.69, 9.17) is 15.2 Å². The third kappa shape index (κ3) is 2.93. The maximum Gasteiger partial charge on any atom is 0.261 e. The molecule has 2 aromatic heterocycles. The SMILES string of the molecule is COc1ccc2[nH]c(=O)c3c(N)n(-c4ccc(Oc5ccccc5)cc4)nc3c2c1. The lowest BCUT2D eigenvalue weighted by Crippen LogP contribution is -2.08. The molecule has 3 N–H and O–H groups in total. The number of ether oxygens (including phenoxy) is 2. The monoisotopic (exact) mass is 398 g/mol. The quantitative estimate of drug-likeness (QED) is 0.472. The molecule has 2 heterocycles. The second kappa shape index (κ2) is 6.97. The van der Waals surface area contributed by atoms with Crippen molar-refractivity contribution in [3.05, 3.63) is 83.2 Å². The van der Waals surface area contributed by atoms with Crippen molar-refractivity contribution in [2.45, 2.75) is 0 Å². The second-order valence-corrected chi connectivity index (χ2v) is 6.80. The van der Waals surface area contributed by atoms with E-state index in [9.17, 15) is 4.79 Å². The van der Waals surface area contributed by atoms with Crippen molar-refractivity contribution in [3.8, 4) is 22.9 Å². The van der Waals surface area contributed by atoms with Crippen LogP contribution in [-0.4, -0.2) is 21.9 Å². The first-order valence-electron chi connectivity index (χ1n) is 9.35. The molecule has 7 nitrogen and oxygen atoms in total. The Kier molecular flexibility index (Phi) is 4.14. The fourth-order valence-electron chi connectivity index (χ4n) is 3.46.